The molecule has 0 saturated heterocycles. The van der Waals surface area contributed by atoms with Gasteiger partial charge in [-0.05, 0) is 63.2 Å². The van der Waals surface area contributed by atoms with Crippen molar-refractivity contribution in [3.63, 3.8) is 0 Å². The van der Waals surface area contributed by atoms with E-state index < -0.39 is 5.69 Å². The van der Waals surface area contributed by atoms with E-state index in [4.69, 9.17) is 33.1 Å². The fraction of sp³-hybridized carbons (Fsp3) is 1.00. The summed E-state index contributed by atoms with van der Waals surface area (Å²) in [6, 6.07) is 0. The summed E-state index contributed by atoms with van der Waals surface area (Å²) in [6.07, 6.45) is 8.62. The molecule has 152 valence electrons. The second-order valence-electron chi connectivity index (χ2n) is 8.95. The van der Waals surface area contributed by atoms with Gasteiger partial charge in [0, 0.05) is 0 Å². The quantitative estimate of drug-likeness (QED) is 0.230. The minimum Gasteiger partial charge on any atom is -0.315 e. The Balaban J connectivity index is 5.22. The van der Waals surface area contributed by atoms with Gasteiger partial charge in [0.1, 0.15) is 0 Å². The fourth-order valence-corrected chi connectivity index (χ4v) is 7.52. The van der Waals surface area contributed by atoms with Crippen molar-refractivity contribution < 1.29 is 9.05 Å². The molecule has 0 fully saturated rings. The number of thiol groups is 1. The summed E-state index contributed by atoms with van der Waals surface area (Å²) in [5, 5.41) is 0. The van der Waals surface area contributed by atoms with E-state index in [1.165, 1.54) is 0 Å². The van der Waals surface area contributed by atoms with Crippen molar-refractivity contribution in [2.75, 3.05) is 0 Å². The van der Waals surface area contributed by atoms with Crippen LogP contribution in [-0.4, -0.2) is 11.2 Å². The molecule has 2 atom stereocenters. The number of unbranched alkanes of at least 4 members (excludes halogenated alkanes) is 2. The smallest absolute Gasteiger partial charge is 0.245 e. The normalized spacial score (nSPS) is 19.6. The Morgan fingerprint density at radius 2 is 1.16 bits per heavy atom. The molecule has 0 spiro atoms. The highest BCUT2D eigenvalue weighted by molar-refractivity contribution is 8.60. The first-order chi connectivity index (χ1) is 11.4. The fourth-order valence-electron chi connectivity index (χ4n) is 3.77. The maximum atomic E-state index is 6.46. The SMILES string of the molecule is CCCCC(C)(CC(C)C)OP(=S)(S)OC(C)(CCCC)CC(C)C. The van der Waals surface area contributed by atoms with Gasteiger partial charge in [0.05, 0.1) is 11.2 Å². The van der Waals surface area contributed by atoms with Gasteiger partial charge in [-0.25, -0.2) is 0 Å². The minimum atomic E-state index is -2.60. The third kappa shape index (κ3) is 12.1. The second-order valence-corrected chi connectivity index (χ2v) is 14.1. The molecule has 2 unspecified atom stereocenters. The Hall–Kier alpha value is 0.920. The molecule has 0 bridgehead atoms. The van der Waals surface area contributed by atoms with Crippen LogP contribution >= 0.6 is 17.9 Å². The van der Waals surface area contributed by atoms with E-state index in [9.17, 15) is 0 Å². The first-order valence-corrected chi connectivity index (χ1v) is 13.9. The molecule has 5 heteroatoms. The molecule has 25 heavy (non-hydrogen) atoms. The lowest BCUT2D eigenvalue weighted by Gasteiger charge is -2.40. The van der Waals surface area contributed by atoms with E-state index in [1.807, 2.05) is 0 Å². The highest BCUT2D eigenvalue weighted by Crippen LogP contribution is 2.61. The molecule has 0 aromatic carbocycles. The molecule has 0 aliphatic rings. The first-order valence-electron chi connectivity index (χ1n) is 10.1. The summed E-state index contributed by atoms with van der Waals surface area (Å²) in [5.74, 6) is 1.12. The molecule has 0 N–H and O–H groups in total. The summed E-state index contributed by atoms with van der Waals surface area (Å²) in [7, 11) is 0. The van der Waals surface area contributed by atoms with Gasteiger partial charge in [0.2, 0.25) is 5.69 Å². The van der Waals surface area contributed by atoms with Crippen molar-refractivity contribution in [1.29, 1.82) is 0 Å². The van der Waals surface area contributed by atoms with Crippen molar-refractivity contribution in [2.45, 2.75) is 118 Å². The largest absolute Gasteiger partial charge is 0.315 e. The van der Waals surface area contributed by atoms with Gasteiger partial charge in [-0.15, -0.1) is 0 Å². The van der Waals surface area contributed by atoms with Gasteiger partial charge in [-0.3, -0.25) is 0 Å². The third-order valence-corrected chi connectivity index (χ3v) is 6.75. The van der Waals surface area contributed by atoms with Crippen molar-refractivity contribution in [3.8, 4) is 0 Å². The molecule has 2 nitrogen and oxygen atoms in total. The zero-order valence-electron chi connectivity index (χ0n) is 17.9. The lowest BCUT2D eigenvalue weighted by molar-refractivity contribution is 0.0117. The van der Waals surface area contributed by atoms with Crippen molar-refractivity contribution in [1.82, 2.24) is 0 Å². The maximum Gasteiger partial charge on any atom is 0.245 e. The minimum absolute atomic E-state index is 0.245. The molecule has 0 amide bonds. The van der Waals surface area contributed by atoms with Crippen molar-refractivity contribution >= 4 is 29.7 Å². The Kier molecular flexibility index (Phi) is 12.1. The molecule has 0 radical (unpaired) electrons. The average Bonchev–Trinajstić information content (AvgIpc) is 2.39. The van der Waals surface area contributed by atoms with Crippen LogP contribution in [0.15, 0.2) is 0 Å². The molecule has 0 aliphatic carbocycles. The monoisotopic (exact) mass is 410 g/mol. The summed E-state index contributed by atoms with van der Waals surface area (Å²) in [4.78, 5) is 0. The van der Waals surface area contributed by atoms with Crippen molar-refractivity contribution in [3.05, 3.63) is 0 Å². The summed E-state index contributed by atoms with van der Waals surface area (Å²) < 4.78 is 12.9. The van der Waals surface area contributed by atoms with E-state index in [-0.39, 0.29) is 11.2 Å². The van der Waals surface area contributed by atoms with Crippen LogP contribution in [0, 0.1) is 11.8 Å². The van der Waals surface area contributed by atoms with E-state index in [0.29, 0.717) is 11.8 Å². The standard InChI is InChI=1S/C20H43O2PS2/c1-9-11-13-19(7,15-17(3)4)21-23(24,25)22-20(8,14-12-10-2)16-18(5)6/h17-18H,9-16H2,1-8H3,(H,24,25). The van der Waals surface area contributed by atoms with Crippen LogP contribution in [0.5, 0.6) is 0 Å². The summed E-state index contributed by atoms with van der Waals surface area (Å²) in [5.41, 5.74) is -3.09. The van der Waals surface area contributed by atoms with Crippen LogP contribution in [0.25, 0.3) is 0 Å². The maximum absolute atomic E-state index is 6.46. The molecular weight excluding hydrogens is 367 g/mol. The van der Waals surface area contributed by atoms with Gasteiger partial charge >= 0.3 is 0 Å². The summed E-state index contributed by atoms with van der Waals surface area (Å²) >= 11 is 10.5. The molecule has 0 heterocycles. The van der Waals surface area contributed by atoms with Crippen LogP contribution in [0.1, 0.15) is 107 Å². The van der Waals surface area contributed by atoms with Gasteiger partial charge in [-0.1, -0.05) is 79.5 Å². The lowest BCUT2D eigenvalue weighted by atomic mass is 9.90. The topological polar surface area (TPSA) is 18.5 Å². The van der Waals surface area contributed by atoms with Gasteiger partial charge in [0.25, 0.3) is 0 Å². The summed E-state index contributed by atoms with van der Waals surface area (Å²) in [6.45, 7) is 17.8. The predicted molar refractivity (Wildman–Crippen MR) is 120 cm³/mol. The molecule has 0 saturated carbocycles. The average molecular weight is 411 g/mol. The van der Waals surface area contributed by atoms with Crippen LogP contribution in [0.4, 0.5) is 0 Å². The van der Waals surface area contributed by atoms with Gasteiger partial charge < -0.3 is 9.05 Å². The van der Waals surface area contributed by atoms with Gasteiger partial charge in [-0.2, -0.15) is 0 Å². The van der Waals surface area contributed by atoms with Crippen molar-refractivity contribution in [2.24, 2.45) is 11.8 Å². The number of hydrogen-bond acceptors (Lipinski definition) is 3. The highest BCUT2D eigenvalue weighted by Gasteiger charge is 2.37. The zero-order valence-corrected chi connectivity index (χ0v) is 20.5. The number of hydrogen-bond donors (Lipinski definition) is 1. The predicted octanol–water partition coefficient (Wildman–Crippen LogP) is 8.16. The molecule has 0 aliphatic heterocycles. The Morgan fingerprint density at radius 1 is 0.840 bits per heavy atom. The van der Waals surface area contributed by atoms with Crippen LogP contribution in [-0.2, 0) is 20.9 Å². The molecule has 0 rings (SSSR count). The Bertz CT molecular complexity index is 381. The first kappa shape index (κ1) is 25.9. The van der Waals surface area contributed by atoms with E-state index >= 15 is 0 Å². The van der Waals surface area contributed by atoms with E-state index in [0.717, 1.165) is 51.4 Å². The van der Waals surface area contributed by atoms with E-state index in [1.54, 1.807) is 0 Å². The molecular formula is C20H43O2PS2. The van der Waals surface area contributed by atoms with Gasteiger partial charge in [0.15, 0.2) is 0 Å². The zero-order chi connectivity index (χ0) is 19.7. The third-order valence-electron chi connectivity index (χ3n) is 4.47. The van der Waals surface area contributed by atoms with Crippen LogP contribution in [0.3, 0.4) is 0 Å². The Labute approximate surface area is 168 Å². The second kappa shape index (κ2) is 11.7. The Morgan fingerprint density at radius 3 is 1.40 bits per heavy atom. The molecule has 0 aromatic heterocycles. The van der Waals surface area contributed by atoms with Crippen LogP contribution in [0.2, 0.25) is 0 Å². The van der Waals surface area contributed by atoms with E-state index in [2.05, 4.69) is 55.4 Å². The highest BCUT2D eigenvalue weighted by atomic mass is 32.9. The lowest BCUT2D eigenvalue weighted by Crippen LogP contribution is -2.33. The van der Waals surface area contributed by atoms with Crippen LogP contribution < -0.4 is 0 Å². The molecule has 0 aromatic rings. The number of rotatable bonds is 14.